The third kappa shape index (κ3) is 3.97. The minimum atomic E-state index is 0.612. The van der Waals surface area contributed by atoms with E-state index in [4.69, 9.17) is 4.74 Å². The average Bonchev–Trinajstić information content (AvgIpc) is 2.46. The monoisotopic (exact) mass is 261 g/mol. The smallest absolute Gasteiger partial charge is 0.118 e. The second-order valence-corrected chi connectivity index (χ2v) is 5.97. The Morgan fingerprint density at radius 2 is 1.79 bits per heavy atom. The highest BCUT2D eigenvalue weighted by atomic mass is 16.5. The van der Waals surface area contributed by atoms with E-state index >= 15 is 0 Å². The van der Waals surface area contributed by atoms with E-state index in [2.05, 4.69) is 43.6 Å². The molecule has 19 heavy (non-hydrogen) atoms. The molecular weight excluding hydrogens is 234 g/mol. The number of hydrogen-bond donors (Lipinski definition) is 1. The molecule has 2 rings (SSSR count). The molecule has 0 aliphatic heterocycles. The van der Waals surface area contributed by atoms with Crippen molar-refractivity contribution in [2.75, 3.05) is 14.2 Å². The number of nitrogens with one attached hydrogen (secondary N) is 1. The van der Waals surface area contributed by atoms with Crippen molar-refractivity contribution in [3.63, 3.8) is 0 Å². The molecule has 0 saturated heterocycles. The van der Waals surface area contributed by atoms with Crippen LogP contribution in [0.1, 0.15) is 38.2 Å². The summed E-state index contributed by atoms with van der Waals surface area (Å²) in [5.41, 5.74) is 1.40. The minimum Gasteiger partial charge on any atom is -0.497 e. The molecule has 106 valence electrons. The van der Waals surface area contributed by atoms with Gasteiger partial charge in [-0.05, 0) is 55.8 Å². The Labute approximate surface area is 117 Å². The topological polar surface area (TPSA) is 21.3 Å². The van der Waals surface area contributed by atoms with Crippen LogP contribution >= 0.6 is 0 Å². The summed E-state index contributed by atoms with van der Waals surface area (Å²) in [4.78, 5) is 0. The van der Waals surface area contributed by atoms with E-state index in [-0.39, 0.29) is 0 Å². The number of methoxy groups -OCH3 is 1. The summed E-state index contributed by atoms with van der Waals surface area (Å²) >= 11 is 0. The Morgan fingerprint density at radius 3 is 2.32 bits per heavy atom. The predicted octanol–water partition coefficient (Wildman–Crippen LogP) is 3.65. The van der Waals surface area contributed by atoms with Crippen LogP contribution in [0.4, 0.5) is 0 Å². The second-order valence-electron chi connectivity index (χ2n) is 5.97. The third-order valence-electron chi connectivity index (χ3n) is 4.62. The first-order chi connectivity index (χ1) is 9.22. The Kier molecular flexibility index (Phi) is 5.26. The van der Waals surface area contributed by atoms with Crippen molar-refractivity contribution >= 4 is 0 Å². The summed E-state index contributed by atoms with van der Waals surface area (Å²) < 4.78 is 5.21. The van der Waals surface area contributed by atoms with E-state index in [0.717, 1.165) is 24.0 Å². The molecule has 1 saturated carbocycles. The van der Waals surface area contributed by atoms with Gasteiger partial charge in [0.25, 0.3) is 0 Å². The van der Waals surface area contributed by atoms with Gasteiger partial charge in [-0.1, -0.05) is 31.9 Å². The molecule has 0 amide bonds. The predicted molar refractivity (Wildman–Crippen MR) is 80.7 cm³/mol. The lowest BCUT2D eigenvalue weighted by Gasteiger charge is -2.32. The van der Waals surface area contributed by atoms with Gasteiger partial charge in [-0.25, -0.2) is 0 Å². The fraction of sp³-hybridized carbons (Fsp3) is 0.647. The zero-order valence-electron chi connectivity index (χ0n) is 12.5. The van der Waals surface area contributed by atoms with Gasteiger partial charge in [-0.3, -0.25) is 0 Å². The number of ether oxygens (including phenoxy) is 1. The maximum atomic E-state index is 5.21. The number of benzene rings is 1. The molecule has 1 aliphatic rings. The second kappa shape index (κ2) is 6.95. The van der Waals surface area contributed by atoms with Crippen LogP contribution in [0, 0.1) is 11.8 Å². The van der Waals surface area contributed by atoms with E-state index in [1.165, 1.54) is 31.2 Å². The summed E-state index contributed by atoms with van der Waals surface area (Å²) in [6, 6.07) is 9.11. The van der Waals surface area contributed by atoms with Crippen LogP contribution in [-0.4, -0.2) is 20.2 Å². The first-order valence-electron chi connectivity index (χ1n) is 7.53. The molecule has 2 heteroatoms. The molecule has 0 bridgehead atoms. The van der Waals surface area contributed by atoms with Crippen molar-refractivity contribution in [3.05, 3.63) is 29.8 Å². The standard InChI is InChI=1S/C17H27NO/c1-13-4-8-15(9-5-13)17(18-2)12-14-6-10-16(19-3)11-7-14/h6-7,10-11,13,15,17-18H,4-5,8-9,12H2,1-3H3. The van der Waals surface area contributed by atoms with Crippen LogP contribution < -0.4 is 10.1 Å². The maximum Gasteiger partial charge on any atom is 0.118 e. The van der Waals surface area contributed by atoms with Gasteiger partial charge in [-0.2, -0.15) is 0 Å². The lowest BCUT2D eigenvalue weighted by atomic mass is 9.78. The van der Waals surface area contributed by atoms with Crippen molar-refractivity contribution < 1.29 is 4.74 Å². The van der Waals surface area contributed by atoms with E-state index < -0.39 is 0 Å². The van der Waals surface area contributed by atoms with Gasteiger partial charge < -0.3 is 10.1 Å². The highest BCUT2D eigenvalue weighted by Crippen LogP contribution is 2.31. The molecule has 1 atom stereocenters. The lowest BCUT2D eigenvalue weighted by molar-refractivity contribution is 0.235. The average molecular weight is 261 g/mol. The van der Waals surface area contributed by atoms with E-state index in [9.17, 15) is 0 Å². The molecule has 1 aromatic rings. The Morgan fingerprint density at radius 1 is 1.16 bits per heavy atom. The van der Waals surface area contributed by atoms with Crippen LogP contribution in [0.25, 0.3) is 0 Å². The molecule has 1 aromatic carbocycles. The van der Waals surface area contributed by atoms with Gasteiger partial charge >= 0.3 is 0 Å². The molecule has 1 fully saturated rings. The summed E-state index contributed by atoms with van der Waals surface area (Å²) in [6.45, 7) is 2.38. The molecule has 1 aliphatic carbocycles. The SMILES string of the molecule is CNC(Cc1ccc(OC)cc1)C1CCC(C)CC1. The Balaban J connectivity index is 1.94. The van der Waals surface area contributed by atoms with Crippen LogP contribution in [-0.2, 0) is 6.42 Å². The Bertz CT molecular complexity index is 365. The summed E-state index contributed by atoms with van der Waals surface area (Å²) in [6.07, 6.45) is 6.67. The summed E-state index contributed by atoms with van der Waals surface area (Å²) in [7, 11) is 3.82. The van der Waals surface area contributed by atoms with Crippen molar-refractivity contribution in [2.45, 2.75) is 45.1 Å². The summed E-state index contributed by atoms with van der Waals surface area (Å²) in [5.74, 6) is 2.70. The first-order valence-corrected chi connectivity index (χ1v) is 7.53. The molecule has 0 heterocycles. The first kappa shape index (κ1) is 14.4. The van der Waals surface area contributed by atoms with Crippen LogP contribution in [0.3, 0.4) is 0 Å². The number of rotatable bonds is 5. The van der Waals surface area contributed by atoms with E-state index in [1.54, 1.807) is 7.11 Å². The molecule has 0 radical (unpaired) electrons. The van der Waals surface area contributed by atoms with Crippen molar-refractivity contribution in [3.8, 4) is 5.75 Å². The maximum absolute atomic E-state index is 5.21. The number of likely N-dealkylation sites (N-methyl/N-ethyl adjacent to an activating group) is 1. The third-order valence-corrected chi connectivity index (χ3v) is 4.62. The fourth-order valence-electron chi connectivity index (χ4n) is 3.21. The van der Waals surface area contributed by atoms with Crippen LogP contribution in [0.5, 0.6) is 5.75 Å². The molecular formula is C17H27NO. The van der Waals surface area contributed by atoms with E-state index in [0.29, 0.717) is 6.04 Å². The van der Waals surface area contributed by atoms with Crippen molar-refractivity contribution in [2.24, 2.45) is 11.8 Å². The molecule has 1 N–H and O–H groups in total. The number of hydrogen-bond acceptors (Lipinski definition) is 2. The van der Waals surface area contributed by atoms with Crippen molar-refractivity contribution in [1.29, 1.82) is 0 Å². The molecule has 1 unspecified atom stereocenters. The highest BCUT2D eigenvalue weighted by Gasteiger charge is 2.25. The quantitative estimate of drug-likeness (QED) is 0.873. The van der Waals surface area contributed by atoms with E-state index in [1.807, 2.05) is 0 Å². The zero-order valence-corrected chi connectivity index (χ0v) is 12.5. The van der Waals surface area contributed by atoms with Crippen molar-refractivity contribution in [1.82, 2.24) is 5.32 Å². The Hall–Kier alpha value is -1.02. The molecule has 2 nitrogen and oxygen atoms in total. The molecule has 0 aromatic heterocycles. The molecule has 0 spiro atoms. The van der Waals surface area contributed by atoms with Gasteiger partial charge in [0.1, 0.15) is 5.75 Å². The van der Waals surface area contributed by atoms with Gasteiger partial charge in [0.05, 0.1) is 7.11 Å². The van der Waals surface area contributed by atoms with Gasteiger partial charge in [0.2, 0.25) is 0 Å². The van der Waals surface area contributed by atoms with Gasteiger partial charge in [0, 0.05) is 6.04 Å². The van der Waals surface area contributed by atoms with Crippen LogP contribution in [0.15, 0.2) is 24.3 Å². The fourth-order valence-corrected chi connectivity index (χ4v) is 3.21. The normalized spacial score (nSPS) is 25.0. The highest BCUT2D eigenvalue weighted by molar-refractivity contribution is 5.27. The van der Waals surface area contributed by atoms with Gasteiger partial charge in [-0.15, -0.1) is 0 Å². The lowest BCUT2D eigenvalue weighted by Crippen LogP contribution is -2.37. The minimum absolute atomic E-state index is 0.612. The largest absolute Gasteiger partial charge is 0.497 e. The zero-order chi connectivity index (χ0) is 13.7. The summed E-state index contributed by atoms with van der Waals surface area (Å²) in [5, 5.41) is 3.53. The van der Waals surface area contributed by atoms with Crippen LogP contribution in [0.2, 0.25) is 0 Å². The van der Waals surface area contributed by atoms with Gasteiger partial charge in [0.15, 0.2) is 0 Å².